The highest BCUT2D eigenvalue weighted by Crippen LogP contribution is 2.23. The summed E-state index contributed by atoms with van der Waals surface area (Å²) in [6.45, 7) is 0.281. The van der Waals surface area contributed by atoms with Gasteiger partial charge in [-0.2, -0.15) is 4.98 Å². The zero-order valence-electron chi connectivity index (χ0n) is 10.6. The molecule has 20 heavy (non-hydrogen) atoms. The van der Waals surface area contributed by atoms with Gasteiger partial charge in [-0.3, -0.25) is 0 Å². The van der Waals surface area contributed by atoms with E-state index in [2.05, 4.69) is 9.97 Å². The molecule has 0 fully saturated rings. The number of rotatable bonds is 3. The standard InChI is InChI=1S/C15H12FN3O/c16-12-7-10(8-17)5-6-14(12)20-15-18-9-11-3-1-2-4-13(11)19-15/h1-7,9H,8,17H2. The first kappa shape index (κ1) is 12.5. The van der Waals surface area contributed by atoms with Crippen LogP contribution in [0.15, 0.2) is 48.7 Å². The number of hydrogen-bond acceptors (Lipinski definition) is 4. The maximum Gasteiger partial charge on any atom is 0.322 e. The van der Waals surface area contributed by atoms with Crippen molar-refractivity contribution >= 4 is 10.9 Å². The van der Waals surface area contributed by atoms with Crippen LogP contribution < -0.4 is 10.5 Å². The van der Waals surface area contributed by atoms with Crippen molar-refractivity contribution in [3.63, 3.8) is 0 Å². The minimum absolute atomic E-state index is 0.0810. The van der Waals surface area contributed by atoms with E-state index in [-0.39, 0.29) is 18.3 Å². The van der Waals surface area contributed by atoms with E-state index in [1.165, 1.54) is 12.1 Å². The smallest absolute Gasteiger partial charge is 0.322 e. The molecule has 1 heterocycles. The van der Waals surface area contributed by atoms with Crippen LogP contribution in [0.4, 0.5) is 4.39 Å². The average molecular weight is 269 g/mol. The Bertz CT molecular complexity index is 761. The van der Waals surface area contributed by atoms with Crippen molar-refractivity contribution in [2.45, 2.75) is 6.54 Å². The van der Waals surface area contributed by atoms with E-state index in [9.17, 15) is 4.39 Å². The summed E-state index contributed by atoms with van der Waals surface area (Å²) < 4.78 is 19.2. The van der Waals surface area contributed by atoms with Crippen LogP contribution in [0.3, 0.4) is 0 Å². The van der Waals surface area contributed by atoms with Gasteiger partial charge in [0.05, 0.1) is 5.52 Å². The fraction of sp³-hybridized carbons (Fsp3) is 0.0667. The lowest BCUT2D eigenvalue weighted by atomic mass is 10.2. The van der Waals surface area contributed by atoms with Gasteiger partial charge in [0, 0.05) is 18.1 Å². The molecule has 4 nitrogen and oxygen atoms in total. The highest BCUT2D eigenvalue weighted by Gasteiger charge is 2.08. The molecule has 0 saturated heterocycles. The average Bonchev–Trinajstić information content (AvgIpc) is 2.49. The molecule has 0 radical (unpaired) electrons. The number of ether oxygens (including phenoxy) is 1. The Kier molecular flexibility index (Phi) is 3.26. The Balaban J connectivity index is 1.92. The van der Waals surface area contributed by atoms with Gasteiger partial charge in [-0.15, -0.1) is 0 Å². The molecule has 0 unspecified atom stereocenters. The van der Waals surface area contributed by atoms with E-state index in [1.807, 2.05) is 24.3 Å². The normalized spacial score (nSPS) is 10.7. The summed E-state index contributed by atoms with van der Waals surface area (Å²) in [6.07, 6.45) is 1.64. The highest BCUT2D eigenvalue weighted by molar-refractivity contribution is 5.77. The third-order valence-corrected chi connectivity index (χ3v) is 2.90. The van der Waals surface area contributed by atoms with Crippen molar-refractivity contribution in [2.75, 3.05) is 0 Å². The molecular formula is C15H12FN3O. The molecule has 2 aromatic carbocycles. The van der Waals surface area contributed by atoms with Crippen molar-refractivity contribution in [2.24, 2.45) is 5.73 Å². The summed E-state index contributed by atoms with van der Waals surface area (Å²) in [5.41, 5.74) is 6.90. The van der Waals surface area contributed by atoms with E-state index in [1.54, 1.807) is 12.3 Å². The predicted octanol–water partition coefficient (Wildman–Crippen LogP) is 3.02. The molecular weight excluding hydrogens is 257 g/mol. The number of fused-ring (bicyclic) bond motifs is 1. The summed E-state index contributed by atoms with van der Waals surface area (Å²) in [5, 5.41) is 0.902. The molecule has 0 spiro atoms. The van der Waals surface area contributed by atoms with Crippen molar-refractivity contribution in [1.29, 1.82) is 0 Å². The SMILES string of the molecule is NCc1ccc(Oc2ncc3ccccc3n2)c(F)c1. The Morgan fingerprint density at radius 3 is 2.80 bits per heavy atom. The number of halogens is 1. The van der Waals surface area contributed by atoms with Crippen molar-refractivity contribution in [3.05, 3.63) is 60.0 Å². The van der Waals surface area contributed by atoms with Gasteiger partial charge in [-0.1, -0.05) is 24.3 Å². The first-order chi connectivity index (χ1) is 9.76. The van der Waals surface area contributed by atoms with Gasteiger partial charge in [0.25, 0.3) is 0 Å². The molecule has 0 aliphatic rings. The van der Waals surface area contributed by atoms with Gasteiger partial charge < -0.3 is 10.5 Å². The second kappa shape index (κ2) is 5.22. The second-order valence-electron chi connectivity index (χ2n) is 4.28. The van der Waals surface area contributed by atoms with Crippen LogP contribution in [0.1, 0.15) is 5.56 Å². The zero-order chi connectivity index (χ0) is 13.9. The summed E-state index contributed by atoms with van der Waals surface area (Å²) in [6, 6.07) is 12.2. The lowest BCUT2D eigenvalue weighted by molar-refractivity contribution is 0.412. The highest BCUT2D eigenvalue weighted by atomic mass is 19.1. The molecule has 0 saturated carbocycles. The largest absolute Gasteiger partial charge is 0.421 e. The van der Waals surface area contributed by atoms with Gasteiger partial charge >= 0.3 is 6.01 Å². The fourth-order valence-corrected chi connectivity index (χ4v) is 1.86. The van der Waals surface area contributed by atoms with Crippen molar-refractivity contribution in [3.8, 4) is 11.8 Å². The number of hydrogen-bond donors (Lipinski definition) is 1. The molecule has 5 heteroatoms. The minimum Gasteiger partial charge on any atom is -0.421 e. The maximum atomic E-state index is 13.8. The monoisotopic (exact) mass is 269 g/mol. The first-order valence-electron chi connectivity index (χ1n) is 6.14. The van der Waals surface area contributed by atoms with E-state index >= 15 is 0 Å². The molecule has 0 amide bonds. The summed E-state index contributed by atoms with van der Waals surface area (Å²) in [5.74, 6) is -0.401. The van der Waals surface area contributed by atoms with Crippen molar-refractivity contribution in [1.82, 2.24) is 9.97 Å². The third-order valence-electron chi connectivity index (χ3n) is 2.90. The third kappa shape index (κ3) is 2.44. The van der Waals surface area contributed by atoms with E-state index in [0.29, 0.717) is 5.56 Å². The number of nitrogens with two attached hydrogens (primary N) is 1. The number of nitrogens with zero attached hydrogens (tertiary/aromatic N) is 2. The van der Waals surface area contributed by atoms with Gasteiger partial charge in [-0.05, 0) is 23.8 Å². The van der Waals surface area contributed by atoms with E-state index < -0.39 is 5.82 Å². The molecule has 3 aromatic rings. The van der Waals surface area contributed by atoms with Crippen LogP contribution in [-0.4, -0.2) is 9.97 Å². The molecule has 0 atom stereocenters. The topological polar surface area (TPSA) is 61.0 Å². The second-order valence-corrected chi connectivity index (χ2v) is 4.28. The Morgan fingerprint density at radius 1 is 1.15 bits per heavy atom. The fourth-order valence-electron chi connectivity index (χ4n) is 1.86. The van der Waals surface area contributed by atoms with Gasteiger partial charge in [-0.25, -0.2) is 9.37 Å². The first-order valence-corrected chi connectivity index (χ1v) is 6.14. The number of benzene rings is 2. The van der Waals surface area contributed by atoms with Crippen LogP contribution >= 0.6 is 0 Å². The summed E-state index contributed by atoms with van der Waals surface area (Å²) >= 11 is 0. The lowest BCUT2D eigenvalue weighted by Crippen LogP contribution is -1.99. The maximum absolute atomic E-state index is 13.8. The number of para-hydroxylation sites is 1. The van der Waals surface area contributed by atoms with Crippen LogP contribution in [0.2, 0.25) is 0 Å². The minimum atomic E-state index is -0.482. The predicted molar refractivity (Wildman–Crippen MR) is 73.9 cm³/mol. The van der Waals surface area contributed by atoms with E-state index in [0.717, 1.165) is 10.9 Å². The van der Waals surface area contributed by atoms with Crippen LogP contribution in [-0.2, 0) is 6.54 Å². The molecule has 100 valence electrons. The lowest BCUT2D eigenvalue weighted by Gasteiger charge is -2.06. The molecule has 0 aliphatic carbocycles. The summed E-state index contributed by atoms with van der Waals surface area (Å²) in [4.78, 5) is 8.29. The van der Waals surface area contributed by atoms with E-state index in [4.69, 9.17) is 10.5 Å². The van der Waals surface area contributed by atoms with Crippen LogP contribution in [0.5, 0.6) is 11.8 Å². The molecule has 1 aromatic heterocycles. The number of aromatic nitrogens is 2. The van der Waals surface area contributed by atoms with Crippen molar-refractivity contribution < 1.29 is 9.13 Å². The zero-order valence-corrected chi connectivity index (χ0v) is 10.6. The molecule has 0 bridgehead atoms. The quantitative estimate of drug-likeness (QED) is 0.794. The van der Waals surface area contributed by atoms with Gasteiger partial charge in [0.1, 0.15) is 0 Å². The molecule has 3 rings (SSSR count). The van der Waals surface area contributed by atoms with Crippen LogP contribution in [0.25, 0.3) is 10.9 Å². The molecule has 0 aliphatic heterocycles. The van der Waals surface area contributed by atoms with Gasteiger partial charge in [0.2, 0.25) is 0 Å². The Labute approximate surface area is 115 Å². The Morgan fingerprint density at radius 2 is 2.00 bits per heavy atom. The molecule has 2 N–H and O–H groups in total. The van der Waals surface area contributed by atoms with Crippen LogP contribution in [0, 0.1) is 5.82 Å². The van der Waals surface area contributed by atoms with Gasteiger partial charge in [0.15, 0.2) is 11.6 Å². The summed E-state index contributed by atoms with van der Waals surface area (Å²) in [7, 11) is 0. The Hall–Kier alpha value is -2.53.